The van der Waals surface area contributed by atoms with Gasteiger partial charge in [0.05, 0.1) is 0 Å². The Morgan fingerprint density at radius 1 is 1.21 bits per heavy atom. The molecule has 5 nitrogen and oxygen atoms in total. The predicted molar refractivity (Wildman–Crippen MR) is 75.0 cm³/mol. The Morgan fingerprint density at radius 2 is 2.00 bits per heavy atom. The maximum Gasteiger partial charge on any atom is 0.204 e. The normalized spacial score (nSPS) is 11.6. The zero-order valence-corrected chi connectivity index (χ0v) is 11.6. The van der Waals surface area contributed by atoms with Gasteiger partial charge in [0, 0.05) is 28.2 Å². The zero-order chi connectivity index (χ0) is 13.6. The van der Waals surface area contributed by atoms with Crippen molar-refractivity contribution in [2.75, 3.05) is 0 Å². The molecule has 0 amide bonds. The molecule has 2 aromatic heterocycles. The lowest BCUT2D eigenvalue weighted by molar-refractivity contribution is 0.606. The molecule has 98 valence electrons. The number of aryl methyl sites for hydroxylation is 1. The largest absolute Gasteiger partial charge is 0.342 e. The van der Waals surface area contributed by atoms with Gasteiger partial charge in [-0.1, -0.05) is 12.1 Å². The fourth-order valence-corrected chi connectivity index (χ4v) is 2.69. The molecule has 0 saturated heterocycles. The van der Waals surface area contributed by atoms with Gasteiger partial charge in [-0.25, -0.2) is 0 Å². The minimum atomic E-state index is 0.428. The second kappa shape index (κ2) is 4.19. The number of hydrogen-bond acceptors (Lipinski definition) is 3. The van der Waals surface area contributed by atoms with Crippen LogP contribution in [0.3, 0.4) is 0 Å². The molecular formula is C14H17N5. The number of benzene rings is 1. The van der Waals surface area contributed by atoms with Crippen LogP contribution in [0.25, 0.3) is 22.3 Å². The van der Waals surface area contributed by atoms with E-state index in [-0.39, 0.29) is 0 Å². The van der Waals surface area contributed by atoms with Crippen molar-refractivity contribution in [1.29, 1.82) is 0 Å². The molecular weight excluding hydrogens is 238 g/mol. The second-order valence-electron chi connectivity index (χ2n) is 5.14. The number of aromatic nitrogens is 5. The first-order chi connectivity index (χ1) is 9.09. The summed E-state index contributed by atoms with van der Waals surface area (Å²) in [5, 5.41) is 15.5. The topological polar surface area (TPSA) is 59.4 Å². The van der Waals surface area contributed by atoms with Crippen molar-refractivity contribution in [2.24, 2.45) is 0 Å². The Hall–Kier alpha value is -2.17. The van der Waals surface area contributed by atoms with Crippen LogP contribution < -0.4 is 0 Å². The summed E-state index contributed by atoms with van der Waals surface area (Å²) in [6.45, 7) is 8.74. The number of nitrogens with one attached hydrogen (secondary N) is 1. The highest BCUT2D eigenvalue weighted by Gasteiger charge is 2.14. The number of hydrogen-bond donors (Lipinski definition) is 1. The van der Waals surface area contributed by atoms with Gasteiger partial charge >= 0.3 is 0 Å². The Balaban J connectivity index is 2.30. The Bertz CT molecular complexity index is 722. The zero-order valence-electron chi connectivity index (χ0n) is 11.6. The third-order valence-corrected chi connectivity index (χ3v) is 3.69. The number of fused-ring (bicyclic) bond motifs is 1. The summed E-state index contributed by atoms with van der Waals surface area (Å²) in [6, 6.07) is 6.75. The van der Waals surface area contributed by atoms with E-state index in [0.29, 0.717) is 11.9 Å². The third-order valence-electron chi connectivity index (χ3n) is 3.69. The van der Waals surface area contributed by atoms with E-state index in [0.717, 1.165) is 5.56 Å². The van der Waals surface area contributed by atoms with E-state index in [2.05, 4.69) is 65.0 Å². The van der Waals surface area contributed by atoms with Gasteiger partial charge in [-0.15, -0.1) is 10.2 Å². The van der Waals surface area contributed by atoms with Crippen molar-refractivity contribution in [2.45, 2.75) is 33.7 Å². The molecule has 0 spiro atoms. The maximum absolute atomic E-state index is 4.04. The Morgan fingerprint density at radius 3 is 2.63 bits per heavy atom. The molecule has 0 bridgehead atoms. The number of H-pyrrole nitrogens is 1. The van der Waals surface area contributed by atoms with E-state index in [4.69, 9.17) is 0 Å². The van der Waals surface area contributed by atoms with Gasteiger partial charge in [0.15, 0.2) is 0 Å². The molecule has 0 radical (unpaired) electrons. The molecule has 5 heteroatoms. The van der Waals surface area contributed by atoms with Gasteiger partial charge < -0.3 is 4.57 Å². The van der Waals surface area contributed by atoms with Crippen molar-refractivity contribution >= 4 is 10.9 Å². The number of nitrogens with zero attached hydrogens (tertiary/aromatic N) is 4. The first-order valence-corrected chi connectivity index (χ1v) is 6.44. The van der Waals surface area contributed by atoms with Crippen LogP contribution in [0.5, 0.6) is 0 Å². The summed E-state index contributed by atoms with van der Waals surface area (Å²) in [7, 11) is 0. The fourth-order valence-electron chi connectivity index (χ4n) is 2.69. The van der Waals surface area contributed by atoms with Crippen LogP contribution in [0.1, 0.15) is 31.1 Å². The van der Waals surface area contributed by atoms with Crippen LogP contribution in [0, 0.1) is 13.8 Å². The van der Waals surface area contributed by atoms with E-state index in [9.17, 15) is 0 Å². The first-order valence-electron chi connectivity index (χ1n) is 6.44. The molecule has 19 heavy (non-hydrogen) atoms. The van der Waals surface area contributed by atoms with Crippen LogP contribution in [0.4, 0.5) is 0 Å². The van der Waals surface area contributed by atoms with Crippen LogP contribution >= 0.6 is 0 Å². The molecule has 0 fully saturated rings. The van der Waals surface area contributed by atoms with Gasteiger partial charge in [0.1, 0.15) is 0 Å². The van der Waals surface area contributed by atoms with Crippen LogP contribution in [0.2, 0.25) is 0 Å². The molecule has 1 N–H and O–H groups in total. The first kappa shape index (κ1) is 11.9. The molecule has 0 aliphatic rings. The van der Waals surface area contributed by atoms with Crippen LogP contribution in [0.15, 0.2) is 18.2 Å². The molecule has 0 atom stereocenters. The van der Waals surface area contributed by atoms with E-state index >= 15 is 0 Å². The van der Waals surface area contributed by atoms with Gasteiger partial charge in [0.2, 0.25) is 5.82 Å². The summed E-state index contributed by atoms with van der Waals surface area (Å²) in [6.07, 6.45) is 0. The quantitative estimate of drug-likeness (QED) is 0.765. The van der Waals surface area contributed by atoms with Crippen molar-refractivity contribution in [3.8, 4) is 11.4 Å². The average molecular weight is 255 g/mol. The monoisotopic (exact) mass is 255 g/mol. The minimum absolute atomic E-state index is 0.428. The maximum atomic E-state index is 4.04. The average Bonchev–Trinajstić information content (AvgIpc) is 2.98. The SMILES string of the molecule is Cc1c(C)n(C(C)C)c2cc(-c3nn[nH]n3)ccc12. The van der Waals surface area contributed by atoms with Gasteiger partial charge in [-0.3, -0.25) is 0 Å². The molecule has 0 aliphatic carbocycles. The lowest BCUT2D eigenvalue weighted by atomic mass is 10.1. The second-order valence-corrected chi connectivity index (χ2v) is 5.14. The number of tetrazole rings is 1. The van der Waals surface area contributed by atoms with Gasteiger partial charge in [-0.2, -0.15) is 5.21 Å². The lowest BCUT2D eigenvalue weighted by Crippen LogP contribution is -2.02. The van der Waals surface area contributed by atoms with E-state index in [1.54, 1.807) is 0 Å². The van der Waals surface area contributed by atoms with Crippen LogP contribution in [-0.2, 0) is 0 Å². The molecule has 0 aliphatic heterocycles. The lowest BCUT2D eigenvalue weighted by Gasteiger charge is -2.12. The molecule has 0 saturated carbocycles. The van der Waals surface area contributed by atoms with Crippen molar-refractivity contribution < 1.29 is 0 Å². The smallest absolute Gasteiger partial charge is 0.204 e. The van der Waals surface area contributed by atoms with E-state index in [1.807, 2.05) is 6.07 Å². The van der Waals surface area contributed by atoms with E-state index < -0.39 is 0 Å². The molecule has 1 aromatic carbocycles. The summed E-state index contributed by atoms with van der Waals surface area (Å²) in [5.41, 5.74) is 4.87. The summed E-state index contributed by atoms with van der Waals surface area (Å²) < 4.78 is 2.36. The molecule has 3 aromatic rings. The minimum Gasteiger partial charge on any atom is -0.342 e. The Kier molecular flexibility index (Phi) is 2.62. The van der Waals surface area contributed by atoms with Gasteiger partial charge in [0.25, 0.3) is 0 Å². The Labute approximate surface area is 111 Å². The highest BCUT2D eigenvalue weighted by Crippen LogP contribution is 2.30. The molecule has 0 unspecified atom stereocenters. The van der Waals surface area contributed by atoms with Crippen molar-refractivity contribution in [3.63, 3.8) is 0 Å². The molecule has 3 rings (SSSR count). The summed E-state index contributed by atoms with van der Waals surface area (Å²) >= 11 is 0. The highest BCUT2D eigenvalue weighted by molar-refractivity contribution is 5.88. The summed E-state index contributed by atoms with van der Waals surface area (Å²) in [5.74, 6) is 0.633. The predicted octanol–water partition coefficient (Wildman–Crippen LogP) is 3.02. The third kappa shape index (κ3) is 1.73. The molecule has 2 heterocycles. The van der Waals surface area contributed by atoms with E-state index in [1.165, 1.54) is 22.2 Å². The fraction of sp³-hybridized carbons (Fsp3) is 0.357. The van der Waals surface area contributed by atoms with Crippen LogP contribution in [-0.4, -0.2) is 25.2 Å². The number of rotatable bonds is 2. The summed E-state index contributed by atoms with van der Waals surface area (Å²) in [4.78, 5) is 0. The standard InChI is InChI=1S/C14H17N5/c1-8(2)19-10(4)9(3)12-6-5-11(7-13(12)19)14-15-17-18-16-14/h5-8H,1-4H3,(H,15,16,17,18). The van der Waals surface area contributed by atoms with Crippen molar-refractivity contribution in [1.82, 2.24) is 25.2 Å². The van der Waals surface area contributed by atoms with Gasteiger partial charge in [-0.05, 0) is 44.5 Å². The number of aromatic amines is 1. The highest BCUT2D eigenvalue weighted by atomic mass is 15.5. The van der Waals surface area contributed by atoms with Crippen molar-refractivity contribution in [3.05, 3.63) is 29.5 Å².